The standard InChI is InChI=1S/C27H29NO10/c1-10-22(31)15(28)6-17(37-10)38-16-8-27(36,11(2)30)7-14-19(16)26(35)21-20(24(14)33)23(32)13-5-3-4-12(9-29)18(13)25(21)34/h3-5,10,15-17,22,29,31,33,35-36H,6-9,28H2,1-2H3/t10?,15?,16-,17-,22+,27-/m0/s1. The van der Waals surface area contributed by atoms with Crippen LogP contribution in [0.3, 0.4) is 0 Å². The second-order valence-corrected chi connectivity index (χ2v) is 10.2. The van der Waals surface area contributed by atoms with Crippen molar-refractivity contribution in [2.75, 3.05) is 0 Å². The fourth-order valence-corrected chi connectivity index (χ4v) is 5.72. The summed E-state index contributed by atoms with van der Waals surface area (Å²) in [6, 6.07) is 3.64. The number of aromatic hydroxyl groups is 2. The number of benzene rings is 2. The van der Waals surface area contributed by atoms with Crippen molar-refractivity contribution in [2.45, 2.75) is 76.0 Å². The smallest absolute Gasteiger partial charge is 0.198 e. The number of ketones is 3. The van der Waals surface area contributed by atoms with Gasteiger partial charge in [-0.15, -0.1) is 0 Å². The lowest BCUT2D eigenvalue weighted by atomic mass is 9.71. The van der Waals surface area contributed by atoms with Crippen LogP contribution < -0.4 is 5.73 Å². The molecule has 5 rings (SSSR count). The number of hydrogen-bond donors (Lipinski definition) is 6. The minimum absolute atomic E-state index is 0.0497. The average molecular weight is 528 g/mol. The summed E-state index contributed by atoms with van der Waals surface area (Å²) in [7, 11) is 0. The molecule has 38 heavy (non-hydrogen) atoms. The summed E-state index contributed by atoms with van der Waals surface area (Å²) in [5.74, 6) is -3.43. The number of phenols is 2. The molecule has 2 unspecified atom stereocenters. The first-order chi connectivity index (χ1) is 17.9. The van der Waals surface area contributed by atoms with Crippen molar-refractivity contribution in [3.63, 3.8) is 0 Å². The van der Waals surface area contributed by atoms with Gasteiger partial charge in [0.1, 0.15) is 17.1 Å². The zero-order valence-corrected chi connectivity index (χ0v) is 20.8. The maximum Gasteiger partial charge on any atom is 0.198 e. The van der Waals surface area contributed by atoms with Gasteiger partial charge in [-0.2, -0.15) is 0 Å². The molecule has 3 aliphatic rings. The molecule has 0 bridgehead atoms. The average Bonchev–Trinajstić information content (AvgIpc) is 2.87. The van der Waals surface area contributed by atoms with Crippen molar-refractivity contribution >= 4 is 17.3 Å². The van der Waals surface area contributed by atoms with E-state index in [-0.39, 0.29) is 40.7 Å². The van der Waals surface area contributed by atoms with Crippen molar-refractivity contribution in [1.82, 2.24) is 0 Å². The van der Waals surface area contributed by atoms with Crippen LogP contribution in [0, 0.1) is 0 Å². The summed E-state index contributed by atoms with van der Waals surface area (Å²) in [6.07, 6.45) is -4.62. The summed E-state index contributed by atoms with van der Waals surface area (Å²) in [5.41, 5.74) is 2.97. The van der Waals surface area contributed by atoms with E-state index in [0.29, 0.717) is 0 Å². The predicted octanol–water partition coefficient (Wildman–Crippen LogP) is 0.513. The molecule has 1 heterocycles. The second-order valence-electron chi connectivity index (χ2n) is 10.2. The molecule has 11 heteroatoms. The Labute approximate surface area is 217 Å². The molecular weight excluding hydrogens is 498 g/mol. The molecule has 202 valence electrons. The van der Waals surface area contributed by atoms with Crippen LogP contribution in [0.5, 0.6) is 11.5 Å². The Hall–Kier alpha value is -3.19. The summed E-state index contributed by atoms with van der Waals surface area (Å²) in [6.45, 7) is 2.24. The van der Waals surface area contributed by atoms with Crippen LogP contribution in [-0.4, -0.2) is 73.0 Å². The largest absolute Gasteiger partial charge is 0.507 e. The molecule has 1 saturated heterocycles. The Morgan fingerprint density at radius 3 is 2.47 bits per heavy atom. The molecule has 1 aliphatic heterocycles. The Kier molecular flexibility index (Phi) is 6.41. The van der Waals surface area contributed by atoms with Gasteiger partial charge in [0, 0.05) is 47.6 Å². The highest BCUT2D eigenvalue weighted by atomic mass is 16.7. The van der Waals surface area contributed by atoms with E-state index >= 15 is 0 Å². The number of Topliss-reactive ketones (excluding diaryl/α,β-unsaturated/α-hetero) is 1. The molecule has 2 aromatic carbocycles. The van der Waals surface area contributed by atoms with E-state index < -0.39 is 89.2 Å². The lowest BCUT2D eigenvalue weighted by molar-refractivity contribution is -0.247. The molecule has 0 radical (unpaired) electrons. The van der Waals surface area contributed by atoms with Gasteiger partial charge in [0.05, 0.1) is 36.0 Å². The Morgan fingerprint density at radius 1 is 1.16 bits per heavy atom. The number of carbonyl (C=O) groups is 3. The zero-order valence-electron chi connectivity index (χ0n) is 20.8. The van der Waals surface area contributed by atoms with Gasteiger partial charge in [-0.05, 0) is 19.4 Å². The number of fused-ring (bicyclic) bond motifs is 3. The van der Waals surface area contributed by atoms with Gasteiger partial charge in [-0.1, -0.05) is 18.2 Å². The number of carbonyl (C=O) groups excluding carboxylic acids is 3. The van der Waals surface area contributed by atoms with Gasteiger partial charge in [0.25, 0.3) is 0 Å². The highest BCUT2D eigenvalue weighted by Crippen LogP contribution is 2.52. The van der Waals surface area contributed by atoms with E-state index in [0.717, 1.165) is 0 Å². The molecule has 6 atom stereocenters. The molecule has 0 amide bonds. The Balaban J connectivity index is 1.68. The van der Waals surface area contributed by atoms with Gasteiger partial charge >= 0.3 is 0 Å². The molecule has 1 fully saturated rings. The second kappa shape index (κ2) is 9.23. The molecule has 11 nitrogen and oxygen atoms in total. The maximum atomic E-state index is 13.6. The van der Waals surface area contributed by atoms with Crippen LogP contribution in [0.25, 0.3) is 0 Å². The van der Waals surface area contributed by atoms with Gasteiger partial charge < -0.3 is 40.7 Å². The van der Waals surface area contributed by atoms with Crippen molar-refractivity contribution in [3.05, 3.63) is 57.1 Å². The molecule has 2 aliphatic carbocycles. The first kappa shape index (κ1) is 26.4. The minimum Gasteiger partial charge on any atom is -0.507 e. The summed E-state index contributed by atoms with van der Waals surface area (Å²) < 4.78 is 11.8. The number of phenolic OH excluding ortho intramolecular Hbond substituents is 2. The highest BCUT2D eigenvalue weighted by molar-refractivity contribution is 6.31. The first-order valence-electron chi connectivity index (χ1n) is 12.3. The Bertz CT molecular complexity index is 1360. The molecule has 2 aromatic rings. The van der Waals surface area contributed by atoms with Crippen molar-refractivity contribution < 1.29 is 49.4 Å². The quantitative estimate of drug-likeness (QED) is 0.259. The maximum absolute atomic E-state index is 13.6. The molecule has 0 spiro atoms. The van der Waals surface area contributed by atoms with Crippen LogP contribution in [0.15, 0.2) is 18.2 Å². The molecule has 7 N–H and O–H groups in total. The predicted molar refractivity (Wildman–Crippen MR) is 130 cm³/mol. The van der Waals surface area contributed by atoms with E-state index in [9.17, 15) is 39.9 Å². The monoisotopic (exact) mass is 527 g/mol. The van der Waals surface area contributed by atoms with Crippen molar-refractivity contribution in [3.8, 4) is 11.5 Å². The van der Waals surface area contributed by atoms with Crippen LogP contribution in [0.2, 0.25) is 0 Å². The highest BCUT2D eigenvalue weighted by Gasteiger charge is 2.49. The topological polar surface area (TPSA) is 197 Å². The third-order valence-electron chi connectivity index (χ3n) is 7.87. The molecular formula is C27H29NO10. The number of ether oxygens (including phenoxy) is 2. The van der Waals surface area contributed by atoms with Gasteiger partial charge in [0.15, 0.2) is 23.6 Å². The minimum atomic E-state index is -2.01. The lowest BCUT2D eigenvalue weighted by Crippen LogP contribution is -2.52. The lowest BCUT2D eigenvalue weighted by Gasteiger charge is -2.42. The summed E-state index contributed by atoms with van der Waals surface area (Å²) >= 11 is 0. The van der Waals surface area contributed by atoms with E-state index in [4.69, 9.17) is 15.2 Å². The molecule has 0 aromatic heterocycles. The Morgan fingerprint density at radius 2 is 1.84 bits per heavy atom. The van der Waals surface area contributed by atoms with E-state index in [2.05, 4.69) is 0 Å². The third kappa shape index (κ3) is 3.85. The molecule has 0 saturated carbocycles. The van der Waals surface area contributed by atoms with Gasteiger partial charge in [-0.3, -0.25) is 14.4 Å². The zero-order chi connectivity index (χ0) is 27.7. The van der Waals surface area contributed by atoms with Crippen molar-refractivity contribution in [1.29, 1.82) is 0 Å². The number of hydrogen-bond acceptors (Lipinski definition) is 11. The van der Waals surface area contributed by atoms with E-state index in [1.165, 1.54) is 25.1 Å². The number of nitrogens with two attached hydrogens (primary N) is 1. The fraction of sp³-hybridized carbons (Fsp3) is 0.444. The third-order valence-corrected chi connectivity index (χ3v) is 7.87. The first-order valence-corrected chi connectivity index (χ1v) is 12.3. The van der Waals surface area contributed by atoms with Crippen LogP contribution in [-0.2, 0) is 27.3 Å². The fourth-order valence-electron chi connectivity index (χ4n) is 5.72. The number of aliphatic hydroxyl groups is 3. The number of rotatable bonds is 4. The SMILES string of the molecule is CC(=O)[C@]1(O)Cc2c(O)c3c(c(O)c2[C@@H](O[C@H]2CC(N)[C@H](O)C(C)O2)C1)C(=O)c1c(CO)cccc1C3=O. The van der Waals surface area contributed by atoms with E-state index in [1.807, 2.05) is 0 Å². The van der Waals surface area contributed by atoms with Crippen LogP contribution >= 0.6 is 0 Å². The normalized spacial score (nSPS) is 30.4. The van der Waals surface area contributed by atoms with Gasteiger partial charge in [0.2, 0.25) is 0 Å². The summed E-state index contributed by atoms with van der Waals surface area (Å²) in [4.78, 5) is 39.5. The summed E-state index contributed by atoms with van der Waals surface area (Å²) in [5, 5.41) is 53.8. The van der Waals surface area contributed by atoms with Crippen molar-refractivity contribution in [2.24, 2.45) is 5.73 Å². The van der Waals surface area contributed by atoms with E-state index in [1.54, 1.807) is 6.92 Å². The van der Waals surface area contributed by atoms with Crippen LogP contribution in [0.1, 0.15) is 81.3 Å². The van der Waals surface area contributed by atoms with Gasteiger partial charge in [-0.25, -0.2) is 0 Å². The van der Waals surface area contributed by atoms with Crippen LogP contribution in [0.4, 0.5) is 0 Å². The number of aliphatic hydroxyl groups excluding tert-OH is 2.